The van der Waals surface area contributed by atoms with E-state index < -0.39 is 13.0 Å². The lowest BCUT2D eigenvalue weighted by atomic mass is 10.1. The Morgan fingerprint density at radius 2 is 2.14 bits per heavy atom. The number of nitrogen functional groups attached to an aromatic ring is 1. The Balaban J connectivity index is 3.31. The Hall–Kier alpha value is -1.27. The molecule has 0 amide bonds. The minimum absolute atomic E-state index is 0.0158. The molecule has 0 saturated heterocycles. The van der Waals surface area contributed by atoms with E-state index in [2.05, 4.69) is 4.98 Å². The van der Waals surface area contributed by atoms with Gasteiger partial charge in [-0.3, -0.25) is 0 Å². The van der Waals surface area contributed by atoms with Crippen LogP contribution in [-0.2, 0) is 13.2 Å². The van der Waals surface area contributed by atoms with E-state index in [-0.39, 0.29) is 29.2 Å². The van der Waals surface area contributed by atoms with Crippen LogP contribution in [0, 0.1) is 0 Å². The fourth-order valence-corrected chi connectivity index (χ4v) is 1.21. The molecule has 0 unspecified atom stereocenters. The van der Waals surface area contributed by atoms with E-state index in [9.17, 15) is 8.78 Å². The molecular weight excluding hydrogens is 192 g/mol. The van der Waals surface area contributed by atoms with Crippen molar-refractivity contribution in [3.63, 3.8) is 0 Å². The van der Waals surface area contributed by atoms with Gasteiger partial charge in [0.1, 0.15) is 5.82 Å². The van der Waals surface area contributed by atoms with Crippen molar-refractivity contribution in [2.45, 2.75) is 19.6 Å². The molecule has 4 nitrogen and oxygen atoms in total. The van der Waals surface area contributed by atoms with E-state index in [4.69, 9.17) is 16.6 Å². The van der Waals surface area contributed by atoms with E-state index in [0.29, 0.717) is 0 Å². The molecule has 6 heteroatoms. The van der Waals surface area contributed by atoms with E-state index in [1.807, 2.05) is 0 Å². The second kappa shape index (κ2) is 4.30. The van der Waals surface area contributed by atoms with Crippen LogP contribution in [0.3, 0.4) is 0 Å². The summed E-state index contributed by atoms with van der Waals surface area (Å²) in [5.74, 6) is -0.0158. The molecule has 0 atom stereocenters. The van der Waals surface area contributed by atoms with Crippen molar-refractivity contribution < 1.29 is 13.9 Å². The van der Waals surface area contributed by atoms with Crippen molar-refractivity contribution in [1.29, 1.82) is 0 Å². The second-order valence-corrected chi connectivity index (χ2v) is 2.72. The van der Waals surface area contributed by atoms with Gasteiger partial charge in [-0.25, -0.2) is 13.8 Å². The molecule has 0 aromatic carbocycles. The summed E-state index contributed by atoms with van der Waals surface area (Å²) in [4.78, 5) is 3.76. The summed E-state index contributed by atoms with van der Waals surface area (Å²) in [6.07, 6.45) is -2.69. The lowest BCUT2D eigenvalue weighted by Crippen LogP contribution is -2.10. The zero-order valence-corrected chi connectivity index (χ0v) is 7.37. The Bertz CT molecular complexity index is 331. The SMILES string of the molecule is NCc1nc(N)cc(C(F)F)c1CO. The average Bonchev–Trinajstić information content (AvgIpc) is 2.16. The van der Waals surface area contributed by atoms with E-state index in [0.717, 1.165) is 6.07 Å². The Kier molecular flexibility index (Phi) is 3.32. The standard InChI is InChI=1S/C8H11F2N3O/c9-8(10)4-1-7(12)13-6(2-11)5(4)3-14/h1,8,14H,2-3,11H2,(H2,12,13). The third-order valence-corrected chi connectivity index (χ3v) is 1.85. The van der Waals surface area contributed by atoms with E-state index >= 15 is 0 Å². The molecular formula is C8H11F2N3O. The summed E-state index contributed by atoms with van der Waals surface area (Å²) < 4.78 is 25.0. The largest absolute Gasteiger partial charge is 0.392 e. The van der Waals surface area contributed by atoms with Crippen LogP contribution in [0.5, 0.6) is 0 Å². The highest BCUT2D eigenvalue weighted by Gasteiger charge is 2.17. The van der Waals surface area contributed by atoms with Gasteiger partial charge in [-0.1, -0.05) is 0 Å². The van der Waals surface area contributed by atoms with Crippen molar-refractivity contribution in [3.05, 3.63) is 22.9 Å². The van der Waals surface area contributed by atoms with E-state index in [1.54, 1.807) is 0 Å². The van der Waals surface area contributed by atoms with Crippen LogP contribution in [0.15, 0.2) is 6.07 Å². The number of rotatable bonds is 3. The molecule has 0 saturated carbocycles. The Morgan fingerprint density at radius 3 is 2.57 bits per heavy atom. The normalized spacial score (nSPS) is 10.9. The highest BCUT2D eigenvalue weighted by atomic mass is 19.3. The number of nitrogens with zero attached hydrogens (tertiary/aromatic N) is 1. The molecule has 0 aliphatic carbocycles. The van der Waals surface area contributed by atoms with Crippen LogP contribution < -0.4 is 11.5 Å². The molecule has 1 heterocycles. The topological polar surface area (TPSA) is 85.2 Å². The summed E-state index contributed by atoms with van der Waals surface area (Å²) in [6.45, 7) is -0.542. The van der Waals surface area contributed by atoms with Crippen LogP contribution >= 0.6 is 0 Å². The molecule has 0 fully saturated rings. The molecule has 0 bridgehead atoms. The van der Waals surface area contributed by atoms with Crippen molar-refractivity contribution in [2.75, 3.05) is 5.73 Å². The number of hydrogen-bond donors (Lipinski definition) is 3. The van der Waals surface area contributed by atoms with E-state index in [1.165, 1.54) is 0 Å². The zero-order valence-electron chi connectivity index (χ0n) is 7.37. The molecule has 1 aromatic rings. The van der Waals surface area contributed by atoms with Gasteiger partial charge in [0.15, 0.2) is 0 Å². The first-order valence-corrected chi connectivity index (χ1v) is 3.97. The van der Waals surface area contributed by atoms with Crippen LogP contribution in [0.4, 0.5) is 14.6 Å². The van der Waals surface area contributed by atoms with Gasteiger partial charge in [0, 0.05) is 17.7 Å². The highest BCUT2D eigenvalue weighted by molar-refractivity contribution is 5.41. The smallest absolute Gasteiger partial charge is 0.264 e. The molecule has 0 aliphatic heterocycles. The zero-order chi connectivity index (χ0) is 10.7. The second-order valence-electron chi connectivity index (χ2n) is 2.72. The average molecular weight is 203 g/mol. The van der Waals surface area contributed by atoms with Crippen molar-refractivity contribution in [1.82, 2.24) is 4.98 Å². The predicted octanol–water partition coefficient (Wildman–Crippen LogP) is 0.552. The van der Waals surface area contributed by atoms with Crippen LogP contribution in [0.25, 0.3) is 0 Å². The number of halogens is 2. The number of aliphatic hydroxyl groups excluding tert-OH is 1. The van der Waals surface area contributed by atoms with Gasteiger partial charge in [0.05, 0.1) is 12.3 Å². The molecule has 0 radical (unpaired) electrons. The minimum Gasteiger partial charge on any atom is -0.392 e. The minimum atomic E-state index is -2.69. The third-order valence-electron chi connectivity index (χ3n) is 1.85. The maximum atomic E-state index is 12.5. The highest BCUT2D eigenvalue weighted by Crippen LogP contribution is 2.26. The summed E-state index contributed by atoms with van der Waals surface area (Å²) in [5, 5.41) is 8.90. The number of alkyl halides is 2. The van der Waals surface area contributed by atoms with Gasteiger partial charge in [0.25, 0.3) is 6.43 Å². The molecule has 1 rings (SSSR count). The van der Waals surface area contributed by atoms with Crippen molar-refractivity contribution in [2.24, 2.45) is 5.73 Å². The first-order valence-electron chi connectivity index (χ1n) is 3.97. The summed E-state index contributed by atoms with van der Waals surface area (Å²) in [5.41, 5.74) is 10.6. The van der Waals surface area contributed by atoms with Crippen molar-refractivity contribution in [3.8, 4) is 0 Å². The van der Waals surface area contributed by atoms with Gasteiger partial charge >= 0.3 is 0 Å². The first kappa shape index (κ1) is 10.8. The van der Waals surface area contributed by atoms with Crippen molar-refractivity contribution >= 4 is 5.82 Å². The van der Waals surface area contributed by atoms with Crippen LogP contribution in [0.1, 0.15) is 23.2 Å². The third kappa shape index (κ3) is 1.97. The van der Waals surface area contributed by atoms with Gasteiger partial charge in [-0.15, -0.1) is 0 Å². The van der Waals surface area contributed by atoms with Crippen LogP contribution in [-0.4, -0.2) is 10.1 Å². The molecule has 0 aliphatic rings. The lowest BCUT2D eigenvalue weighted by molar-refractivity contribution is 0.146. The first-order chi connectivity index (χ1) is 6.60. The molecule has 14 heavy (non-hydrogen) atoms. The lowest BCUT2D eigenvalue weighted by Gasteiger charge is -2.11. The molecule has 0 spiro atoms. The number of anilines is 1. The maximum absolute atomic E-state index is 12.5. The Labute approximate surface area is 79.6 Å². The van der Waals surface area contributed by atoms with Gasteiger partial charge in [0.2, 0.25) is 0 Å². The summed E-state index contributed by atoms with van der Waals surface area (Å²) >= 11 is 0. The quantitative estimate of drug-likeness (QED) is 0.669. The summed E-state index contributed by atoms with van der Waals surface area (Å²) in [6, 6.07) is 1.05. The molecule has 1 aromatic heterocycles. The summed E-state index contributed by atoms with van der Waals surface area (Å²) in [7, 11) is 0. The fourth-order valence-electron chi connectivity index (χ4n) is 1.21. The number of aliphatic hydroxyl groups is 1. The molecule has 5 N–H and O–H groups in total. The van der Waals surface area contributed by atoms with Gasteiger partial charge in [-0.2, -0.15) is 0 Å². The fraction of sp³-hybridized carbons (Fsp3) is 0.375. The predicted molar refractivity (Wildman–Crippen MR) is 47.4 cm³/mol. The van der Waals surface area contributed by atoms with Crippen LogP contribution in [0.2, 0.25) is 0 Å². The number of pyridine rings is 1. The monoisotopic (exact) mass is 203 g/mol. The number of aromatic nitrogens is 1. The molecule has 78 valence electrons. The Morgan fingerprint density at radius 1 is 1.50 bits per heavy atom. The maximum Gasteiger partial charge on any atom is 0.264 e. The van der Waals surface area contributed by atoms with Gasteiger partial charge in [-0.05, 0) is 6.07 Å². The number of hydrogen-bond acceptors (Lipinski definition) is 4. The number of nitrogens with two attached hydrogens (primary N) is 2. The van der Waals surface area contributed by atoms with Gasteiger partial charge < -0.3 is 16.6 Å².